The zero-order valence-corrected chi connectivity index (χ0v) is 10.1. The largest absolute Gasteiger partial charge is 0.349 e. The third-order valence-electron chi connectivity index (χ3n) is 3.36. The monoisotopic (exact) mass is 237 g/mol. The highest BCUT2D eigenvalue weighted by Gasteiger charge is 2.31. The summed E-state index contributed by atoms with van der Waals surface area (Å²) < 4.78 is 1.79. The van der Waals surface area contributed by atoms with E-state index in [0.717, 1.165) is 31.5 Å². The van der Waals surface area contributed by atoms with Gasteiger partial charge in [-0.05, 0) is 12.8 Å². The first kappa shape index (κ1) is 12.0. The van der Waals surface area contributed by atoms with Crippen LogP contribution in [-0.4, -0.2) is 26.2 Å². The van der Waals surface area contributed by atoms with E-state index < -0.39 is 0 Å². The minimum Gasteiger partial charge on any atom is -0.349 e. The lowest BCUT2D eigenvalue weighted by Crippen LogP contribution is -2.42. The number of aryl methyl sites for hydroxylation is 1. The van der Waals surface area contributed by atoms with Crippen LogP contribution in [0.4, 0.5) is 0 Å². The Morgan fingerprint density at radius 1 is 1.59 bits per heavy atom. The molecule has 1 aliphatic carbocycles. The van der Waals surface area contributed by atoms with Crippen molar-refractivity contribution in [2.24, 2.45) is 12.8 Å². The number of carbonyl (C=O) groups is 1. The first-order valence-corrected chi connectivity index (χ1v) is 5.97. The summed E-state index contributed by atoms with van der Waals surface area (Å²) in [5, 5.41) is 10.5. The Hall–Kier alpha value is -1.43. The zero-order chi connectivity index (χ0) is 12.3. The first-order valence-electron chi connectivity index (χ1n) is 5.97. The van der Waals surface area contributed by atoms with Gasteiger partial charge < -0.3 is 15.6 Å². The van der Waals surface area contributed by atoms with Gasteiger partial charge in [0, 0.05) is 19.0 Å². The quantitative estimate of drug-likeness (QED) is 0.777. The average molecular weight is 237 g/mol. The lowest BCUT2D eigenvalue weighted by molar-refractivity contribution is -0.122. The van der Waals surface area contributed by atoms with Gasteiger partial charge in [-0.3, -0.25) is 4.79 Å². The molecule has 1 aromatic rings. The molecule has 0 unspecified atom stereocenters. The highest BCUT2D eigenvalue weighted by atomic mass is 16.1. The number of nitrogens with two attached hydrogens (primary N) is 1. The predicted octanol–water partition coefficient (Wildman–Crippen LogP) is 0.0929. The van der Waals surface area contributed by atoms with Crippen LogP contribution in [0.25, 0.3) is 0 Å². The van der Waals surface area contributed by atoms with Gasteiger partial charge in [0.25, 0.3) is 0 Å². The second-order valence-electron chi connectivity index (χ2n) is 4.88. The van der Waals surface area contributed by atoms with Crippen molar-refractivity contribution in [2.45, 2.75) is 44.2 Å². The van der Waals surface area contributed by atoms with Crippen LogP contribution in [0.3, 0.4) is 0 Å². The maximum atomic E-state index is 11.8. The fraction of sp³-hybridized carbons (Fsp3) is 0.727. The fourth-order valence-electron chi connectivity index (χ4n) is 2.28. The number of rotatable bonds is 4. The topological polar surface area (TPSA) is 85.8 Å². The minimum atomic E-state index is -0.288. The van der Waals surface area contributed by atoms with E-state index in [9.17, 15) is 4.79 Å². The van der Waals surface area contributed by atoms with Gasteiger partial charge >= 0.3 is 0 Å². The van der Waals surface area contributed by atoms with Gasteiger partial charge in [-0.15, -0.1) is 10.2 Å². The van der Waals surface area contributed by atoms with Crippen molar-refractivity contribution in [3.8, 4) is 0 Å². The van der Waals surface area contributed by atoms with Gasteiger partial charge in [0.05, 0.1) is 6.54 Å². The summed E-state index contributed by atoms with van der Waals surface area (Å²) in [7, 11) is 1.85. The van der Waals surface area contributed by atoms with Crippen LogP contribution in [-0.2, 0) is 18.4 Å². The van der Waals surface area contributed by atoms with Gasteiger partial charge in [0.2, 0.25) is 5.91 Å². The van der Waals surface area contributed by atoms with Crippen molar-refractivity contribution < 1.29 is 4.79 Å². The predicted molar refractivity (Wildman–Crippen MR) is 62.9 cm³/mol. The molecule has 0 aliphatic heterocycles. The van der Waals surface area contributed by atoms with E-state index in [2.05, 4.69) is 15.5 Å². The molecule has 1 fully saturated rings. The molecule has 2 rings (SSSR count). The zero-order valence-electron chi connectivity index (χ0n) is 10.1. The van der Waals surface area contributed by atoms with Gasteiger partial charge in [-0.2, -0.15) is 0 Å². The molecule has 0 radical (unpaired) electrons. The maximum Gasteiger partial charge on any atom is 0.222 e. The van der Waals surface area contributed by atoms with E-state index in [4.69, 9.17) is 5.73 Å². The summed E-state index contributed by atoms with van der Waals surface area (Å²) in [5.74, 6) is 0.744. The van der Waals surface area contributed by atoms with E-state index in [1.54, 1.807) is 10.9 Å². The van der Waals surface area contributed by atoms with Crippen LogP contribution in [0.5, 0.6) is 0 Å². The second kappa shape index (κ2) is 4.83. The van der Waals surface area contributed by atoms with Crippen molar-refractivity contribution in [2.75, 3.05) is 0 Å². The number of amides is 1. The van der Waals surface area contributed by atoms with E-state index in [-0.39, 0.29) is 11.4 Å². The lowest BCUT2D eigenvalue weighted by Gasteiger charge is -2.22. The van der Waals surface area contributed by atoms with Crippen molar-refractivity contribution >= 4 is 5.91 Å². The van der Waals surface area contributed by atoms with Gasteiger partial charge in [0.15, 0.2) is 5.82 Å². The molecule has 1 amide bonds. The van der Waals surface area contributed by atoms with Crippen LogP contribution >= 0.6 is 0 Å². The van der Waals surface area contributed by atoms with E-state index in [1.807, 2.05) is 7.05 Å². The normalized spacial score (nSPS) is 18.2. The van der Waals surface area contributed by atoms with Crippen LogP contribution in [0.1, 0.15) is 37.9 Å². The summed E-state index contributed by atoms with van der Waals surface area (Å²) in [5.41, 5.74) is 5.86. The Bertz CT molecular complexity index is 394. The maximum absolute atomic E-state index is 11.8. The average Bonchev–Trinajstić information content (AvgIpc) is 2.85. The van der Waals surface area contributed by atoms with Crippen molar-refractivity contribution in [1.82, 2.24) is 20.1 Å². The molecule has 0 atom stereocenters. The molecule has 0 bridgehead atoms. The fourth-order valence-corrected chi connectivity index (χ4v) is 2.28. The third-order valence-corrected chi connectivity index (χ3v) is 3.36. The van der Waals surface area contributed by atoms with Gasteiger partial charge in [-0.1, -0.05) is 12.8 Å². The molecule has 1 aromatic heterocycles. The third kappa shape index (κ3) is 3.03. The van der Waals surface area contributed by atoms with Crippen LogP contribution in [0, 0.1) is 0 Å². The number of aromatic nitrogens is 3. The van der Waals surface area contributed by atoms with Crippen LogP contribution in [0.15, 0.2) is 6.33 Å². The number of carbonyl (C=O) groups excluding carboxylic acids is 1. The summed E-state index contributed by atoms with van der Waals surface area (Å²) in [6.07, 6.45) is 6.18. The summed E-state index contributed by atoms with van der Waals surface area (Å²) in [4.78, 5) is 11.8. The SMILES string of the molecule is Cn1cnnc1CNC(=O)CC1(N)CCCC1. The molecule has 1 heterocycles. The molecule has 0 aromatic carbocycles. The van der Waals surface area contributed by atoms with Crippen molar-refractivity contribution in [1.29, 1.82) is 0 Å². The second-order valence-corrected chi connectivity index (χ2v) is 4.88. The molecule has 6 heteroatoms. The van der Waals surface area contributed by atoms with Gasteiger partial charge in [-0.25, -0.2) is 0 Å². The summed E-state index contributed by atoms with van der Waals surface area (Å²) in [6, 6.07) is 0. The van der Waals surface area contributed by atoms with Gasteiger partial charge in [0.1, 0.15) is 6.33 Å². The Morgan fingerprint density at radius 3 is 2.88 bits per heavy atom. The van der Waals surface area contributed by atoms with E-state index in [0.29, 0.717) is 13.0 Å². The summed E-state index contributed by atoms with van der Waals surface area (Å²) in [6.45, 7) is 0.408. The Labute approximate surface area is 101 Å². The number of hydrogen-bond donors (Lipinski definition) is 2. The molecule has 0 spiro atoms. The van der Waals surface area contributed by atoms with Crippen molar-refractivity contribution in [3.63, 3.8) is 0 Å². The molecule has 6 nitrogen and oxygen atoms in total. The molecule has 94 valence electrons. The smallest absolute Gasteiger partial charge is 0.222 e. The molecule has 1 saturated carbocycles. The lowest BCUT2D eigenvalue weighted by atomic mass is 9.94. The number of hydrogen-bond acceptors (Lipinski definition) is 4. The Kier molecular flexibility index (Phi) is 3.42. The standard InChI is InChI=1S/C11H19N5O/c1-16-8-14-15-9(16)7-13-10(17)6-11(12)4-2-3-5-11/h8H,2-7,12H2,1H3,(H,13,17). The van der Waals surface area contributed by atoms with E-state index >= 15 is 0 Å². The Morgan fingerprint density at radius 2 is 2.29 bits per heavy atom. The van der Waals surface area contributed by atoms with Crippen molar-refractivity contribution in [3.05, 3.63) is 12.2 Å². The molecule has 0 saturated heterocycles. The summed E-state index contributed by atoms with van der Waals surface area (Å²) >= 11 is 0. The van der Waals surface area contributed by atoms with Crippen LogP contribution < -0.4 is 11.1 Å². The number of nitrogens with zero attached hydrogens (tertiary/aromatic N) is 3. The minimum absolute atomic E-state index is 0.00241. The molecular weight excluding hydrogens is 218 g/mol. The molecule has 17 heavy (non-hydrogen) atoms. The van der Waals surface area contributed by atoms with E-state index in [1.165, 1.54) is 0 Å². The Balaban J connectivity index is 1.80. The molecular formula is C11H19N5O. The highest BCUT2D eigenvalue weighted by molar-refractivity contribution is 5.77. The molecule has 3 N–H and O–H groups in total. The van der Waals surface area contributed by atoms with Crippen LogP contribution in [0.2, 0.25) is 0 Å². The molecule has 1 aliphatic rings. The number of nitrogens with one attached hydrogen (secondary N) is 1. The first-order chi connectivity index (χ1) is 8.09. The highest BCUT2D eigenvalue weighted by Crippen LogP contribution is 2.29.